The van der Waals surface area contributed by atoms with Crippen LogP contribution in [0.1, 0.15) is 39.0 Å². The van der Waals surface area contributed by atoms with Gasteiger partial charge in [0.1, 0.15) is 5.69 Å². The van der Waals surface area contributed by atoms with Crippen molar-refractivity contribution >= 4 is 39.8 Å². The Morgan fingerprint density at radius 1 is 1.22 bits per heavy atom. The van der Waals surface area contributed by atoms with Gasteiger partial charge in [-0.3, -0.25) is 9.59 Å². The molecule has 0 fully saturated rings. The number of H-pyrrole nitrogens is 1. The van der Waals surface area contributed by atoms with Crippen LogP contribution < -0.4 is 15.8 Å². The lowest BCUT2D eigenvalue weighted by Crippen LogP contribution is -2.29. The number of carbonyl (C=O) groups is 2. The summed E-state index contributed by atoms with van der Waals surface area (Å²) in [5, 5.41) is 2.65. The van der Waals surface area contributed by atoms with E-state index in [0.717, 1.165) is 0 Å². The standard InChI is InChI=1S/C17H22N4O4S.ClH/c1-10-15(12(3)22)11(2)20-16(10)17(23)21-13-5-4-6-14(9-13)26(24,25)19-8-7-18;/h4-6,9,19-20H,7-8,18H2,1-3H3,(H,21,23);1H. The first-order valence-electron chi connectivity index (χ1n) is 7.98. The molecule has 0 unspecified atom stereocenters. The van der Waals surface area contributed by atoms with Crippen molar-refractivity contribution in [2.24, 2.45) is 5.73 Å². The van der Waals surface area contributed by atoms with Crippen molar-refractivity contribution in [3.05, 3.63) is 46.8 Å². The van der Waals surface area contributed by atoms with Crippen molar-refractivity contribution in [1.82, 2.24) is 9.71 Å². The third-order valence-corrected chi connectivity index (χ3v) is 5.31. The Bertz CT molecular complexity index is 954. The van der Waals surface area contributed by atoms with E-state index >= 15 is 0 Å². The summed E-state index contributed by atoms with van der Waals surface area (Å²) < 4.78 is 26.7. The molecule has 27 heavy (non-hydrogen) atoms. The van der Waals surface area contributed by atoms with Crippen molar-refractivity contribution in [1.29, 1.82) is 0 Å². The normalized spacial score (nSPS) is 11.0. The number of nitrogens with one attached hydrogen (secondary N) is 3. The quantitative estimate of drug-likeness (QED) is 0.512. The largest absolute Gasteiger partial charge is 0.354 e. The lowest BCUT2D eigenvalue weighted by Gasteiger charge is -2.09. The summed E-state index contributed by atoms with van der Waals surface area (Å²) in [6.07, 6.45) is 0. The van der Waals surface area contributed by atoms with Crippen LogP contribution in [0.3, 0.4) is 0 Å². The van der Waals surface area contributed by atoms with Gasteiger partial charge in [0.2, 0.25) is 10.0 Å². The number of aromatic amines is 1. The smallest absolute Gasteiger partial charge is 0.272 e. The highest BCUT2D eigenvalue weighted by molar-refractivity contribution is 7.89. The topological polar surface area (TPSA) is 134 Å². The fraction of sp³-hybridized carbons (Fsp3) is 0.294. The molecule has 0 aliphatic heterocycles. The lowest BCUT2D eigenvalue weighted by molar-refractivity contribution is 0.101. The summed E-state index contributed by atoms with van der Waals surface area (Å²) in [4.78, 5) is 27.1. The van der Waals surface area contributed by atoms with Crippen LogP contribution in [0, 0.1) is 13.8 Å². The second-order valence-corrected chi connectivity index (χ2v) is 7.62. The first kappa shape index (κ1) is 22.8. The monoisotopic (exact) mass is 414 g/mol. The minimum absolute atomic E-state index is 0. The van der Waals surface area contributed by atoms with Gasteiger partial charge in [-0.15, -0.1) is 12.4 Å². The molecule has 0 bridgehead atoms. The molecule has 0 saturated heterocycles. The molecule has 0 saturated carbocycles. The number of sulfonamides is 1. The van der Waals surface area contributed by atoms with Gasteiger partial charge in [0.05, 0.1) is 4.90 Å². The average Bonchev–Trinajstić information content (AvgIpc) is 2.88. The number of benzene rings is 1. The maximum atomic E-state index is 12.5. The van der Waals surface area contributed by atoms with Crippen LogP contribution in [0.15, 0.2) is 29.2 Å². The molecule has 2 aromatic rings. The van der Waals surface area contributed by atoms with E-state index in [1.54, 1.807) is 19.9 Å². The van der Waals surface area contributed by atoms with Gasteiger partial charge < -0.3 is 16.0 Å². The number of halogens is 1. The Balaban J connectivity index is 0.00000364. The van der Waals surface area contributed by atoms with E-state index in [9.17, 15) is 18.0 Å². The Hall–Kier alpha value is -2.20. The number of ketones is 1. The highest BCUT2D eigenvalue weighted by Crippen LogP contribution is 2.21. The Kier molecular flexibility index (Phi) is 7.73. The fourth-order valence-corrected chi connectivity index (χ4v) is 3.81. The van der Waals surface area contributed by atoms with Crippen molar-refractivity contribution in [3.63, 3.8) is 0 Å². The predicted molar refractivity (Wildman–Crippen MR) is 106 cm³/mol. The second kappa shape index (κ2) is 9.14. The van der Waals surface area contributed by atoms with Crippen LogP contribution in [0.4, 0.5) is 5.69 Å². The third-order valence-electron chi connectivity index (χ3n) is 3.86. The molecule has 1 aromatic heterocycles. The molecular formula is C17H23ClN4O4S. The van der Waals surface area contributed by atoms with Gasteiger partial charge in [-0.1, -0.05) is 6.07 Å². The molecule has 2 rings (SSSR count). The zero-order chi connectivity index (χ0) is 19.5. The Labute approximate surface area is 164 Å². The van der Waals surface area contributed by atoms with Gasteiger partial charge in [-0.25, -0.2) is 13.1 Å². The number of anilines is 1. The molecule has 1 aromatic carbocycles. The number of amides is 1. The number of Topliss-reactive ketones (excluding diaryl/α,β-unsaturated/α-hetero) is 1. The summed E-state index contributed by atoms with van der Waals surface area (Å²) in [6.45, 7) is 5.14. The number of hydrogen-bond donors (Lipinski definition) is 4. The molecule has 10 heteroatoms. The van der Waals surface area contributed by atoms with Gasteiger partial charge in [0.15, 0.2) is 5.78 Å². The van der Waals surface area contributed by atoms with Crippen molar-refractivity contribution < 1.29 is 18.0 Å². The maximum absolute atomic E-state index is 12.5. The van der Waals surface area contributed by atoms with E-state index in [2.05, 4.69) is 15.0 Å². The van der Waals surface area contributed by atoms with E-state index in [0.29, 0.717) is 22.5 Å². The molecule has 1 heterocycles. The Morgan fingerprint density at radius 3 is 2.44 bits per heavy atom. The number of hydrogen-bond acceptors (Lipinski definition) is 5. The van der Waals surface area contributed by atoms with E-state index in [4.69, 9.17) is 5.73 Å². The van der Waals surface area contributed by atoms with Crippen LogP contribution in [0.25, 0.3) is 0 Å². The highest BCUT2D eigenvalue weighted by atomic mass is 35.5. The molecule has 5 N–H and O–H groups in total. The number of rotatable bonds is 7. The molecule has 0 radical (unpaired) electrons. The van der Waals surface area contributed by atoms with Gasteiger partial charge >= 0.3 is 0 Å². The summed E-state index contributed by atoms with van der Waals surface area (Å²) >= 11 is 0. The molecule has 0 atom stereocenters. The van der Waals surface area contributed by atoms with Gasteiger partial charge in [-0.2, -0.15) is 0 Å². The minimum Gasteiger partial charge on any atom is -0.354 e. The summed E-state index contributed by atoms with van der Waals surface area (Å²) in [7, 11) is -3.70. The van der Waals surface area contributed by atoms with E-state index in [-0.39, 0.29) is 41.9 Å². The summed E-state index contributed by atoms with van der Waals surface area (Å²) in [6, 6.07) is 5.89. The van der Waals surface area contributed by atoms with Gasteiger partial charge in [-0.05, 0) is 44.5 Å². The fourth-order valence-electron chi connectivity index (χ4n) is 2.72. The molecular weight excluding hydrogens is 392 g/mol. The zero-order valence-corrected chi connectivity index (χ0v) is 16.9. The molecule has 0 aliphatic rings. The highest BCUT2D eigenvalue weighted by Gasteiger charge is 2.20. The van der Waals surface area contributed by atoms with Crippen LogP contribution in [-0.4, -0.2) is 38.2 Å². The minimum atomic E-state index is -3.70. The van der Waals surface area contributed by atoms with Gasteiger partial charge in [0.25, 0.3) is 5.91 Å². The van der Waals surface area contributed by atoms with Gasteiger partial charge in [0, 0.05) is 30.0 Å². The van der Waals surface area contributed by atoms with Crippen LogP contribution in [0.2, 0.25) is 0 Å². The van der Waals surface area contributed by atoms with Crippen LogP contribution in [0.5, 0.6) is 0 Å². The molecule has 148 valence electrons. The zero-order valence-electron chi connectivity index (χ0n) is 15.3. The van der Waals surface area contributed by atoms with E-state index < -0.39 is 15.9 Å². The van der Waals surface area contributed by atoms with Crippen molar-refractivity contribution in [2.75, 3.05) is 18.4 Å². The molecule has 0 aliphatic carbocycles. The third kappa shape index (κ3) is 5.16. The second-order valence-electron chi connectivity index (χ2n) is 5.85. The number of aromatic nitrogens is 1. The lowest BCUT2D eigenvalue weighted by atomic mass is 10.1. The number of aryl methyl sites for hydroxylation is 1. The molecule has 1 amide bonds. The molecule has 8 nitrogen and oxygen atoms in total. The summed E-state index contributed by atoms with van der Waals surface area (Å²) in [5.74, 6) is -0.586. The first-order valence-corrected chi connectivity index (χ1v) is 9.47. The number of nitrogens with two attached hydrogens (primary N) is 1. The van der Waals surface area contributed by atoms with E-state index in [1.165, 1.54) is 25.1 Å². The van der Waals surface area contributed by atoms with E-state index in [1.807, 2.05) is 0 Å². The van der Waals surface area contributed by atoms with Crippen molar-refractivity contribution in [3.8, 4) is 0 Å². The Morgan fingerprint density at radius 2 is 1.89 bits per heavy atom. The summed E-state index contributed by atoms with van der Waals surface area (Å²) in [5.41, 5.74) is 7.55. The van der Waals surface area contributed by atoms with Crippen LogP contribution in [-0.2, 0) is 10.0 Å². The average molecular weight is 415 g/mol. The van der Waals surface area contributed by atoms with Crippen LogP contribution >= 0.6 is 12.4 Å². The van der Waals surface area contributed by atoms with Crippen molar-refractivity contribution in [2.45, 2.75) is 25.7 Å². The predicted octanol–water partition coefficient (Wildman–Crippen LogP) is 1.75. The first-order chi connectivity index (χ1) is 12.2. The number of carbonyl (C=O) groups excluding carboxylic acids is 2. The SMILES string of the molecule is CC(=O)c1c(C)[nH]c(C(=O)Nc2cccc(S(=O)(=O)NCCN)c2)c1C.Cl. The maximum Gasteiger partial charge on any atom is 0.272 e. The molecule has 0 spiro atoms.